The normalized spacial score (nSPS) is 19.0. The molecule has 0 amide bonds. The van der Waals surface area contributed by atoms with Gasteiger partial charge in [-0.15, -0.1) is 0 Å². The number of esters is 3. The molecule has 6 unspecified atom stereocenters. The Kier molecular flexibility index (Phi) is 43.3. The molecule has 1 aliphatic rings. The summed E-state index contributed by atoms with van der Waals surface area (Å²) in [6.45, 7) is 5.81. The van der Waals surface area contributed by atoms with Gasteiger partial charge in [0.25, 0.3) is 0 Å². The van der Waals surface area contributed by atoms with E-state index in [4.69, 9.17) is 23.7 Å². The SMILES string of the molecule is CC/C=C\C/C=C\C/C=C\C/C=C\C/C=C\CCCC(=O)OC1C(OCC(COC(=O)CCCCCCC/C=C\CCCCCC)OC(=O)CCCCCCCCCCCCC)OC(C(=O)O)C(O)C1O. The number of allylic oxidation sites excluding steroid dienone is 12. The van der Waals surface area contributed by atoms with Crippen LogP contribution < -0.4 is 0 Å². The fourth-order valence-electron chi connectivity index (χ4n) is 7.99. The third kappa shape index (κ3) is 37.6. The van der Waals surface area contributed by atoms with E-state index < -0.39 is 67.3 Å². The molecule has 0 bridgehead atoms. The maximum absolute atomic E-state index is 13.1. The predicted octanol–water partition coefficient (Wildman–Crippen LogP) is 13.8. The summed E-state index contributed by atoms with van der Waals surface area (Å²) in [5, 5.41) is 31.4. The lowest BCUT2D eigenvalue weighted by atomic mass is 9.98. The molecule has 1 fully saturated rings. The van der Waals surface area contributed by atoms with Gasteiger partial charge in [0.2, 0.25) is 0 Å². The van der Waals surface area contributed by atoms with Crippen LogP contribution in [0, 0.1) is 0 Å². The Hall–Kier alpha value is -3.84. The topological polar surface area (TPSA) is 175 Å². The molecule has 0 aliphatic carbocycles. The number of hydrogen-bond acceptors (Lipinski definition) is 11. The Balaban J connectivity index is 2.74. The number of carboxylic acids is 1. The molecule has 0 aromatic heterocycles. The molecule has 1 aliphatic heterocycles. The maximum atomic E-state index is 13.1. The Morgan fingerprint density at radius 3 is 1.42 bits per heavy atom. The minimum Gasteiger partial charge on any atom is -0.479 e. The first-order chi connectivity index (χ1) is 34.6. The van der Waals surface area contributed by atoms with E-state index in [0.29, 0.717) is 25.7 Å². The first-order valence-corrected chi connectivity index (χ1v) is 27.9. The van der Waals surface area contributed by atoms with Crippen molar-refractivity contribution in [2.45, 2.75) is 263 Å². The van der Waals surface area contributed by atoms with Gasteiger partial charge >= 0.3 is 23.9 Å². The number of ether oxygens (including phenoxy) is 5. The van der Waals surface area contributed by atoms with Crippen LogP contribution in [0.3, 0.4) is 0 Å². The molecular formula is C59H98O12. The van der Waals surface area contributed by atoms with Gasteiger partial charge < -0.3 is 39.0 Å². The monoisotopic (exact) mass is 999 g/mol. The number of aliphatic hydroxyl groups is 2. The highest BCUT2D eigenvalue weighted by Crippen LogP contribution is 2.26. The van der Waals surface area contributed by atoms with E-state index in [1.807, 2.05) is 12.2 Å². The van der Waals surface area contributed by atoms with Crippen LogP contribution in [0.25, 0.3) is 0 Å². The summed E-state index contributed by atoms with van der Waals surface area (Å²) in [6.07, 6.45) is 46.0. The van der Waals surface area contributed by atoms with Crippen LogP contribution in [0.15, 0.2) is 72.9 Å². The van der Waals surface area contributed by atoms with Crippen LogP contribution in [-0.2, 0) is 42.9 Å². The largest absolute Gasteiger partial charge is 0.479 e. The Labute approximate surface area is 429 Å². The summed E-state index contributed by atoms with van der Waals surface area (Å²) in [6, 6.07) is 0. The molecule has 406 valence electrons. The number of carboxylic acid groups (broad SMARTS) is 1. The molecule has 71 heavy (non-hydrogen) atoms. The highest BCUT2D eigenvalue weighted by molar-refractivity contribution is 5.74. The summed E-state index contributed by atoms with van der Waals surface area (Å²) in [7, 11) is 0. The van der Waals surface area contributed by atoms with Crippen LogP contribution in [0.4, 0.5) is 0 Å². The lowest BCUT2D eigenvalue weighted by Gasteiger charge is -2.40. The van der Waals surface area contributed by atoms with Crippen LogP contribution in [0.5, 0.6) is 0 Å². The number of carbonyl (C=O) groups excluding carboxylic acids is 3. The van der Waals surface area contributed by atoms with Crippen molar-refractivity contribution in [3.05, 3.63) is 72.9 Å². The number of carbonyl (C=O) groups is 4. The summed E-state index contributed by atoms with van der Waals surface area (Å²) < 4.78 is 28.3. The molecule has 0 aromatic carbocycles. The average Bonchev–Trinajstić information content (AvgIpc) is 3.35. The average molecular weight is 999 g/mol. The van der Waals surface area contributed by atoms with Gasteiger partial charge in [-0.3, -0.25) is 14.4 Å². The zero-order valence-electron chi connectivity index (χ0n) is 44.4. The van der Waals surface area contributed by atoms with Gasteiger partial charge in [0, 0.05) is 19.3 Å². The van der Waals surface area contributed by atoms with Crippen LogP contribution in [-0.4, -0.2) is 89.2 Å². The van der Waals surface area contributed by atoms with Gasteiger partial charge in [-0.25, -0.2) is 4.79 Å². The first kappa shape index (κ1) is 65.2. The molecule has 1 heterocycles. The van der Waals surface area contributed by atoms with Crippen molar-refractivity contribution >= 4 is 23.9 Å². The van der Waals surface area contributed by atoms with E-state index in [2.05, 4.69) is 81.5 Å². The molecule has 0 aromatic rings. The summed E-state index contributed by atoms with van der Waals surface area (Å²) in [4.78, 5) is 50.9. The van der Waals surface area contributed by atoms with Crippen molar-refractivity contribution in [3.63, 3.8) is 0 Å². The van der Waals surface area contributed by atoms with E-state index in [1.165, 1.54) is 70.6 Å². The van der Waals surface area contributed by atoms with Gasteiger partial charge in [-0.2, -0.15) is 0 Å². The lowest BCUT2D eigenvalue weighted by molar-refractivity contribution is -0.301. The third-order valence-corrected chi connectivity index (χ3v) is 12.3. The fraction of sp³-hybridized carbons (Fsp3) is 0.729. The second-order valence-electron chi connectivity index (χ2n) is 18.8. The highest BCUT2D eigenvalue weighted by atomic mass is 16.7. The number of hydrogen-bond donors (Lipinski definition) is 3. The number of unbranched alkanes of at least 4 members (excludes halogenated alkanes) is 20. The van der Waals surface area contributed by atoms with Crippen molar-refractivity contribution in [1.82, 2.24) is 0 Å². The third-order valence-electron chi connectivity index (χ3n) is 12.3. The molecule has 3 N–H and O–H groups in total. The molecule has 1 saturated heterocycles. The van der Waals surface area contributed by atoms with Crippen molar-refractivity contribution in [2.24, 2.45) is 0 Å². The van der Waals surface area contributed by atoms with Crippen molar-refractivity contribution in [3.8, 4) is 0 Å². The van der Waals surface area contributed by atoms with Gasteiger partial charge in [-0.05, 0) is 83.5 Å². The van der Waals surface area contributed by atoms with Gasteiger partial charge in [-0.1, -0.05) is 196 Å². The van der Waals surface area contributed by atoms with E-state index in [-0.39, 0.29) is 25.9 Å². The minimum atomic E-state index is -1.92. The standard InChI is InChI=1S/C59H98O12/c1-4-7-10-13-16-19-22-24-25-26-27-29-32-35-38-41-44-47-53(62)70-57-55(64)54(63)56(58(65)66)71-59(57)68-49-50(69-52(61)46-43-40-37-34-30-21-18-15-12-9-6-3)48-67-51(60)45-42-39-36-33-31-28-23-20-17-14-11-8-5-2/h7,10,16,19-20,23-25,27,29,35,38,50,54-57,59,63-64H,4-6,8-9,11-15,17-18,21-22,26,28,30-34,36-37,39-49H2,1-3H3,(H,65,66)/b10-7-,19-16-,23-20-,25-24-,29-27-,38-35-. The van der Waals surface area contributed by atoms with E-state index in [9.17, 15) is 34.5 Å². The molecular weight excluding hydrogens is 901 g/mol. The second-order valence-corrected chi connectivity index (χ2v) is 18.8. The van der Waals surface area contributed by atoms with E-state index in [1.54, 1.807) is 0 Å². The van der Waals surface area contributed by atoms with Gasteiger partial charge in [0.1, 0.15) is 18.8 Å². The second kappa shape index (κ2) is 47.2. The van der Waals surface area contributed by atoms with Crippen LogP contribution in [0.2, 0.25) is 0 Å². The molecule has 0 saturated carbocycles. The molecule has 0 radical (unpaired) electrons. The molecule has 0 spiro atoms. The Morgan fingerprint density at radius 2 is 0.901 bits per heavy atom. The van der Waals surface area contributed by atoms with Crippen LogP contribution in [0.1, 0.15) is 226 Å². The fourth-order valence-corrected chi connectivity index (χ4v) is 7.99. The summed E-state index contributed by atoms with van der Waals surface area (Å²) in [5.74, 6) is -3.21. The highest BCUT2D eigenvalue weighted by Gasteiger charge is 2.50. The van der Waals surface area contributed by atoms with E-state index in [0.717, 1.165) is 89.9 Å². The van der Waals surface area contributed by atoms with Crippen LogP contribution >= 0.6 is 0 Å². The van der Waals surface area contributed by atoms with E-state index >= 15 is 0 Å². The summed E-state index contributed by atoms with van der Waals surface area (Å²) in [5.41, 5.74) is 0. The zero-order chi connectivity index (χ0) is 51.8. The van der Waals surface area contributed by atoms with Gasteiger partial charge in [0.05, 0.1) is 6.61 Å². The maximum Gasteiger partial charge on any atom is 0.335 e. The zero-order valence-corrected chi connectivity index (χ0v) is 44.4. The number of aliphatic hydroxyl groups excluding tert-OH is 2. The Morgan fingerprint density at radius 1 is 0.479 bits per heavy atom. The number of aliphatic carboxylic acids is 1. The van der Waals surface area contributed by atoms with Crippen molar-refractivity contribution in [2.75, 3.05) is 13.2 Å². The first-order valence-electron chi connectivity index (χ1n) is 27.9. The predicted molar refractivity (Wildman–Crippen MR) is 285 cm³/mol. The van der Waals surface area contributed by atoms with Crippen molar-refractivity contribution in [1.29, 1.82) is 0 Å². The van der Waals surface area contributed by atoms with Gasteiger partial charge in [0.15, 0.2) is 24.6 Å². The number of rotatable bonds is 46. The molecule has 12 heteroatoms. The van der Waals surface area contributed by atoms with Crippen molar-refractivity contribution < 1.29 is 58.2 Å². The Bertz CT molecular complexity index is 1510. The summed E-state index contributed by atoms with van der Waals surface area (Å²) >= 11 is 0. The minimum absolute atomic E-state index is 0.0193. The molecule has 12 nitrogen and oxygen atoms in total. The quantitative estimate of drug-likeness (QED) is 0.0228. The molecule has 1 rings (SSSR count). The lowest BCUT2D eigenvalue weighted by Crippen LogP contribution is -2.61. The molecule has 6 atom stereocenters. The smallest absolute Gasteiger partial charge is 0.335 e.